The van der Waals surface area contributed by atoms with Gasteiger partial charge in [0.2, 0.25) is 11.8 Å². The van der Waals surface area contributed by atoms with E-state index < -0.39 is 0 Å². The maximum Gasteiger partial charge on any atom is 0.239 e. The average Bonchev–Trinajstić information content (AvgIpc) is 3.24. The molecule has 0 aliphatic carbocycles. The molecule has 0 fully saturated rings. The van der Waals surface area contributed by atoms with Crippen molar-refractivity contribution in [2.45, 2.75) is 19.4 Å². The summed E-state index contributed by atoms with van der Waals surface area (Å²) in [5.41, 5.74) is 5.15. The van der Waals surface area contributed by atoms with Gasteiger partial charge in [-0.15, -0.1) is 0 Å². The van der Waals surface area contributed by atoms with E-state index in [1.165, 1.54) is 0 Å². The molecule has 6 heteroatoms. The average molecular weight is 442 g/mol. The quantitative estimate of drug-likeness (QED) is 0.364. The van der Waals surface area contributed by atoms with E-state index in [0.717, 1.165) is 39.0 Å². The van der Waals surface area contributed by atoms with Gasteiger partial charge in [0.1, 0.15) is 5.75 Å². The van der Waals surface area contributed by atoms with Crippen molar-refractivity contribution >= 4 is 22.7 Å². The highest BCUT2D eigenvalue weighted by Gasteiger charge is 2.15. The van der Waals surface area contributed by atoms with E-state index in [4.69, 9.17) is 4.74 Å². The zero-order valence-electron chi connectivity index (χ0n) is 18.6. The van der Waals surface area contributed by atoms with Gasteiger partial charge in [0.15, 0.2) is 0 Å². The van der Waals surface area contributed by atoms with Gasteiger partial charge in [-0.2, -0.15) is 0 Å². The summed E-state index contributed by atoms with van der Waals surface area (Å²) in [4.78, 5) is 28.0. The molecule has 4 aromatic rings. The Kier molecular flexibility index (Phi) is 7.05. The summed E-state index contributed by atoms with van der Waals surface area (Å²) >= 11 is 0. The number of benzene rings is 3. The minimum Gasteiger partial charge on any atom is -0.497 e. The lowest BCUT2D eigenvalue weighted by molar-refractivity contribution is -0.126. The molecule has 0 unspecified atom stereocenters. The third-order valence-electron chi connectivity index (χ3n) is 5.57. The van der Waals surface area contributed by atoms with Crippen molar-refractivity contribution in [1.29, 1.82) is 0 Å². The van der Waals surface area contributed by atoms with Crippen LogP contribution in [-0.4, -0.2) is 30.5 Å². The Morgan fingerprint density at radius 1 is 0.848 bits per heavy atom. The predicted molar refractivity (Wildman–Crippen MR) is 130 cm³/mol. The molecular weight excluding hydrogens is 414 g/mol. The van der Waals surface area contributed by atoms with E-state index in [2.05, 4.69) is 21.7 Å². The molecule has 0 bridgehead atoms. The second kappa shape index (κ2) is 10.5. The minimum absolute atomic E-state index is 0.0368. The van der Waals surface area contributed by atoms with Crippen molar-refractivity contribution in [1.82, 2.24) is 15.6 Å². The van der Waals surface area contributed by atoms with Gasteiger partial charge in [-0.05, 0) is 53.4 Å². The molecule has 2 amide bonds. The lowest BCUT2D eigenvalue weighted by Crippen LogP contribution is -2.36. The fraction of sp³-hybridized carbons (Fsp3) is 0.185. The highest BCUT2D eigenvalue weighted by Crippen LogP contribution is 2.32. The summed E-state index contributed by atoms with van der Waals surface area (Å²) in [6, 6.07) is 25.6. The number of carbonyl (C=O) groups is 2. The molecule has 0 radical (unpaired) electrons. The van der Waals surface area contributed by atoms with E-state index in [1.807, 2.05) is 72.8 Å². The van der Waals surface area contributed by atoms with Crippen LogP contribution in [0.2, 0.25) is 0 Å². The highest BCUT2D eigenvalue weighted by molar-refractivity contribution is 5.92. The van der Waals surface area contributed by atoms with Gasteiger partial charge in [0.25, 0.3) is 0 Å². The Hall–Kier alpha value is -4.06. The summed E-state index contributed by atoms with van der Waals surface area (Å²) in [6.07, 6.45) is 0.847. The molecule has 4 rings (SSSR count). The number of methoxy groups -OCH3 is 1. The van der Waals surface area contributed by atoms with Gasteiger partial charge in [-0.1, -0.05) is 48.5 Å². The lowest BCUT2D eigenvalue weighted by atomic mass is 10.0. The zero-order valence-corrected chi connectivity index (χ0v) is 18.6. The van der Waals surface area contributed by atoms with Gasteiger partial charge >= 0.3 is 0 Å². The van der Waals surface area contributed by atoms with Crippen molar-refractivity contribution in [3.63, 3.8) is 0 Å². The van der Waals surface area contributed by atoms with Crippen molar-refractivity contribution < 1.29 is 14.3 Å². The van der Waals surface area contributed by atoms with Gasteiger partial charge in [0, 0.05) is 29.6 Å². The molecule has 6 nitrogen and oxygen atoms in total. The first kappa shape index (κ1) is 22.1. The molecule has 0 saturated carbocycles. The van der Waals surface area contributed by atoms with Gasteiger partial charge in [-0.3, -0.25) is 9.59 Å². The molecule has 168 valence electrons. The number of hydrogen-bond acceptors (Lipinski definition) is 3. The zero-order chi connectivity index (χ0) is 23.0. The predicted octanol–water partition coefficient (Wildman–Crippen LogP) is 4.21. The first-order valence-electron chi connectivity index (χ1n) is 11.0. The fourth-order valence-corrected chi connectivity index (χ4v) is 3.83. The Morgan fingerprint density at radius 3 is 2.33 bits per heavy atom. The Morgan fingerprint density at radius 2 is 1.58 bits per heavy atom. The molecule has 0 aliphatic heterocycles. The number of aryl methyl sites for hydroxylation is 1. The first-order valence-corrected chi connectivity index (χ1v) is 11.0. The first-order chi connectivity index (χ1) is 16.1. The second-order valence-corrected chi connectivity index (χ2v) is 7.79. The van der Waals surface area contributed by atoms with Crippen LogP contribution in [0.4, 0.5) is 0 Å². The number of fused-ring (bicyclic) bond motifs is 1. The van der Waals surface area contributed by atoms with Crippen LogP contribution in [-0.2, 0) is 22.6 Å². The maximum atomic E-state index is 12.5. The van der Waals surface area contributed by atoms with E-state index in [0.29, 0.717) is 13.0 Å². The van der Waals surface area contributed by atoms with E-state index >= 15 is 0 Å². The molecule has 0 saturated heterocycles. The number of aromatic nitrogens is 1. The Balaban J connectivity index is 1.38. The summed E-state index contributed by atoms with van der Waals surface area (Å²) in [6.45, 7) is 0.404. The number of aromatic amines is 1. The second-order valence-electron chi connectivity index (χ2n) is 7.79. The number of rotatable bonds is 9. The van der Waals surface area contributed by atoms with E-state index in [-0.39, 0.29) is 24.8 Å². The minimum atomic E-state index is -0.210. The fourth-order valence-electron chi connectivity index (χ4n) is 3.83. The van der Waals surface area contributed by atoms with Crippen molar-refractivity contribution in [3.8, 4) is 17.0 Å². The summed E-state index contributed by atoms with van der Waals surface area (Å²) in [7, 11) is 1.64. The number of amides is 2. The largest absolute Gasteiger partial charge is 0.497 e. The van der Waals surface area contributed by atoms with Gasteiger partial charge in [-0.25, -0.2) is 0 Å². The molecule has 0 atom stereocenters. The summed E-state index contributed by atoms with van der Waals surface area (Å²) in [5, 5.41) is 6.64. The van der Waals surface area contributed by atoms with Crippen LogP contribution in [0.3, 0.4) is 0 Å². The van der Waals surface area contributed by atoms with Crippen LogP contribution in [0, 0.1) is 0 Å². The number of nitrogens with one attached hydrogen (secondary N) is 3. The highest BCUT2D eigenvalue weighted by atomic mass is 16.5. The Labute approximate surface area is 193 Å². The van der Waals surface area contributed by atoms with Gasteiger partial charge < -0.3 is 20.4 Å². The van der Waals surface area contributed by atoms with Crippen molar-refractivity contribution in [3.05, 3.63) is 90.0 Å². The molecule has 33 heavy (non-hydrogen) atoms. The third kappa shape index (κ3) is 5.60. The van der Waals surface area contributed by atoms with Crippen LogP contribution in [0.1, 0.15) is 17.5 Å². The third-order valence-corrected chi connectivity index (χ3v) is 5.57. The molecular formula is C27H27N3O3. The Bertz CT molecular complexity index is 1230. The van der Waals surface area contributed by atoms with Crippen LogP contribution < -0.4 is 15.4 Å². The molecule has 1 heterocycles. The SMILES string of the molecule is COc1ccc(-c2[nH]c3ccccc3c2CCC(=O)NCC(=O)NCc2ccccc2)cc1. The van der Waals surface area contributed by atoms with E-state index in [1.54, 1.807) is 7.11 Å². The maximum absolute atomic E-state index is 12.5. The standard InChI is InChI=1S/C27H27N3O3/c1-33-21-13-11-20(12-14-21)27-23(22-9-5-6-10-24(22)30-27)15-16-25(31)29-18-26(32)28-17-19-7-3-2-4-8-19/h2-14,30H,15-18H2,1H3,(H,28,32)(H,29,31). The molecule has 3 N–H and O–H groups in total. The summed E-state index contributed by atoms with van der Waals surface area (Å²) in [5.74, 6) is 0.426. The van der Waals surface area contributed by atoms with Crippen LogP contribution in [0.5, 0.6) is 5.75 Å². The molecule has 0 spiro atoms. The molecule has 1 aromatic heterocycles. The van der Waals surface area contributed by atoms with Crippen LogP contribution >= 0.6 is 0 Å². The number of para-hydroxylation sites is 1. The summed E-state index contributed by atoms with van der Waals surface area (Å²) < 4.78 is 5.27. The number of ether oxygens (including phenoxy) is 1. The van der Waals surface area contributed by atoms with Crippen LogP contribution in [0.15, 0.2) is 78.9 Å². The van der Waals surface area contributed by atoms with Gasteiger partial charge in [0.05, 0.1) is 13.7 Å². The van der Waals surface area contributed by atoms with Crippen molar-refractivity contribution in [2.75, 3.05) is 13.7 Å². The monoisotopic (exact) mass is 441 g/mol. The topological polar surface area (TPSA) is 83.2 Å². The normalized spacial score (nSPS) is 10.7. The number of H-pyrrole nitrogens is 1. The molecule has 3 aromatic carbocycles. The van der Waals surface area contributed by atoms with Crippen LogP contribution in [0.25, 0.3) is 22.2 Å². The lowest BCUT2D eigenvalue weighted by Gasteiger charge is -2.09. The number of hydrogen-bond donors (Lipinski definition) is 3. The number of carbonyl (C=O) groups excluding carboxylic acids is 2. The molecule has 0 aliphatic rings. The van der Waals surface area contributed by atoms with Crippen molar-refractivity contribution in [2.24, 2.45) is 0 Å². The van der Waals surface area contributed by atoms with E-state index in [9.17, 15) is 9.59 Å². The smallest absolute Gasteiger partial charge is 0.239 e.